The van der Waals surface area contributed by atoms with Crippen LogP contribution in [-0.4, -0.2) is 24.9 Å². The van der Waals surface area contributed by atoms with Crippen molar-refractivity contribution >= 4 is 21.1 Å². The van der Waals surface area contributed by atoms with Crippen molar-refractivity contribution in [3.63, 3.8) is 0 Å². The van der Waals surface area contributed by atoms with Gasteiger partial charge in [0.25, 0.3) is 10.0 Å². The molecule has 1 heterocycles. The van der Waals surface area contributed by atoms with Crippen molar-refractivity contribution < 1.29 is 8.42 Å². The first-order valence-electron chi connectivity index (χ1n) is 5.08. The zero-order valence-electron chi connectivity index (χ0n) is 8.90. The molecule has 0 aliphatic rings. The van der Waals surface area contributed by atoms with Crippen LogP contribution in [0.2, 0.25) is 0 Å². The fourth-order valence-electron chi connectivity index (χ4n) is 1.36. The van der Waals surface area contributed by atoms with Crippen LogP contribution >= 0.6 is 0 Å². The van der Waals surface area contributed by atoms with E-state index in [2.05, 4.69) is 14.7 Å². The number of aromatic amines is 1. The quantitative estimate of drug-likeness (QED) is 0.843. The van der Waals surface area contributed by atoms with Gasteiger partial charge in [-0.25, -0.2) is 18.1 Å². The number of sulfonamides is 1. The van der Waals surface area contributed by atoms with Gasteiger partial charge in [0.05, 0.1) is 11.0 Å². The molecule has 1 aromatic heterocycles. The molecule has 0 bridgehead atoms. The normalized spacial score (nSPS) is 12.1. The van der Waals surface area contributed by atoms with Crippen molar-refractivity contribution in [3.05, 3.63) is 24.3 Å². The molecule has 0 spiro atoms. The molecular formula is C10H13N3O2S. The summed E-state index contributed by atoms with van der Waals surface area (Å²) in [5, 5.41) is -0.0258. The molecule has 0 radical (unpaired) electrons. The van der Waals surface area contributed by atoms with E-state index in [-0.39, 0.29) is 5.16 Å². The first-order chi connectivity index (χ1) is 7.63. The van der Waals surface area contributed by atoms with Gasteiger partial charge in [-0.3, -0.25) is 0 Å². The summed E-state index contributed by atoms with van der Waals surface area (Å²) < 4.78 is 26.0. The second kappa shape index (κ2) is 4.23. The summed E-state index contributed by atoms with van der Waals surface area (Å²) in [6.07, 6.45) is 0.749. The van der Waals surface area contributed by atoms with Gasteiger partial charge < -0.3 is 4.98 Å². The zero-order valence-corrected chi connectivity index (χ0v) is 9.71. The molecule has 1 aromatic carbocycles. The van der Waals surface area contributed by atoms with Crippen LogP contribution in [0.1, 0.15) is 13.3 Å². The van der Waals surface area contributed by atoms with E-state index in [1.807, 2.05) is 19.1 Å². The topological polar surface area (TPSA) is 74.8 Å². The summed E-state index contributed by atoms with van der Waals surface area (Å²) in [4.78, 5) is 6.81. The molecule has 0 aliphatic heterocycles. The van der Waals surface area contributed by atoms with Gasteiger partial charge in [0.15, 0.2) is 0 Å². The molecule has 2 rings (SSSR count). The van der Waals surface area contributed by atoms with Crippen LogP contribution in [-0.2, 0) is 10.0 Å². The lowest BCUT2D eigenvalue weighted by Gasteiger charge is -2.00. The molecule has 0 atom stereocenters. The average Bonchev–Trinajstić information content (AvgIpc) is 2.71. The molecule has 0 aliphatic carbocycles. The second-order valence-electron chi connectivity index (χ2n) is 3.46. The number of fused-ring (bicyclic) bond motifs is 1. The maximum Gasteiger partial charge on any atom is 0.274 e. The molecular weight excluding hydrogens is 226 g/mol. The summed E-state index contributed by atoms with van der Waals surface area (Å²) in [7, 11) is -3.50. The Hall–Kier alpha value is -1.40. The van der Waals surface area contributed by atoms with E-state index in [9.17, 15) is 8.42 Å². The van der Waals surface area contributed by atoms with E-state index in [0.29, 0.717) is 12.1 Å². The predicted octanol–water partition coefficient (Wildman–Crippen LogP) is 1.25. The molecule has 0 fully saturated rings. The van der Waals surface area contributed by atoms with Gasteiger partial charge in [0, 0.05) is 6.54 Å². The predicted molar refractivity (Wildman–Crippen MR) is 61.6 cm³/mol. The first kappa shape index (κ1) is 11.1. The lowest BCUT2D eigenvalue weighted by Crippen LogP contribution is -2.25. The SMILES string of the molecule is CCCNS(=O)(=O)c1nc2ccccc2[nH]1. The Morgan fingerprint density at radius 2 is 2.12 bits per heavy atom. The highest BCUT2D eigenvalue weighted by Crippen LogP contribution is 2.13. The van der Waals surface area contributed by atoms with Gasteiger partial charge in [0.2, 0.25) is 5.16 Å². The molecule has 6 heteroatoms. The van der Waals surface area contributed by atoms with Crippen LogP contribution in [0.15, 0.2) is 29.4 Å². The first-order valence-corrected chi connectivity index (χ1v) is 6.56. The molecule has 5 nitrogen and oxygen atoms in total. The number of para-hydroxylation sites is 2. The third-order valence-electron chi connectivity index (χ3n) is 2.16. The smallest absolute Gasteiger partial charge is 0.274 e. The number of imidazole rings is 1. The van der Waals surface area contributed by atoms with Crippen LogP contribution in [0.25, 0.3) is 11.0 Å². The highest BCUT2D eigenvalue weighted by molar-refractivity contribution is 7.89. The molecule has 86 valence electrons. The van der Waals surface area contributed by atoms with E-state index in [4.69, 9.17) is 0 Å². The van der Waals surface area contributed by atoms with Crippen molar-refractivity contribution in [2.45, 2.75) is 18.5 Å². The van der Waals surface area contributed by atoms with Crippen molar-refractivity contribution in [1.29, 1.82) is 0 Å². The number of nitrogens with one attached hydrogen (secondary N) is 2. The second-order valence-corrected chi connectivity index (χ2v) is 5.14. The van der Waals surface area contributed by atoms with Crippen molar-refractivity contribution in [1.82, 2.24) is 14.7 Å². The van der Waals surface area contributed by atoms with Crippen LogP contribution in [0.5, 0.6) is 0 Å². The summed E-state index contributed by atoms with van der Waals surface area (Å²) in [6.45, 7) is 2.32. The highest BCUT2D eigenvalue weighted by Gasteiger charge is 2.17. The molecule has 2 aromatic rings. The molecule has 0 saturated heterocycles. The number of nitrogens with zero attached hydrogens (tertiary/aromatic N) is 1. The number of H-pyrrole nitrogens is 1. The van der Waals surface area contributed by atoms with Gasteiger partial charge in [0.1, 0.15) is 0 Å². The number of benzene rings is 1. The average molecular weight is 239 g/mol. The Labute approximate surface area is 93.9 Å². The Morgan fingerprint density at radius 1 is 1.38 bits per heavy atom. The van der Waals surface area contributed by atoms with E-state index in [1.54, 1.807) is 12.1 Å². The van der Waals surface area contributed by atoms with Gasteiger partial charge in [-0.05, 0) is 18.6 Å². The van der Waals surface area contributed by atoms with Crippen molar-refractivity contribution in [3.8, 4) is 0 Å². The molecule has 0 unspecified atom stereocenters. The molecule has 16 heavy (non-hydrogen) atoms. The third-order valence-corrected chi connectivity index (χ3v) is 3.45. The Balaban J connectivity index is 2.40. The molecule has 2 N–H and O–H groups in total. The van der Waals surface area contributed by atoms with Crippen LogP contribution < -0.4 is 4.72 Å². The monoisotopic (exact) mass is 239 g/mol. The standard InChI is InChI=1S/C10H13N3O2S/c1-2-7-11-16(14,15)10-12-8-5-3-4-6-9(8)13-10/h3-6,11H,2,7H2,1H3,(H,12,13). The van der Waals surface area contributed by atoms with Crippen LogP contribution in [0, 0.1) is 0 Å². The van der Waals surface area contributed by atoms with Gasteiger partial charge in [-0.15, -0.1) is 0 Å². The minimum Gasteiger partial charge on any atom is -0.328 e. The number of aromatic nitrogens is 2. The highest BCUT2D eigenvalue weighted by atomic mass is 32.2. The van der Waals surface area contributed by atoms with Crippen LogP contribution in [0.3, 0.4) is 0 Å². The Kier molecular flexibility index (Phi) is 2.93. The van der Waals surface area contributed by atoms with Crippen molar-refractivity contribution in [2.75, 3.05) is 6.54 Å². The lowest BCUT2D eigenvalue weighted by molar-refractivity contribution is 0.573. The fourth-order valence-corrected chi connectivity index (χ4v) is 2.43. The summed E-state index contributed by atoms with van der Waals surface area (Å²) in [5.74, 6) is 0. The molecule has 0 amide bonds. The Bertz CT molecular complexity index is 556. The third kappa shape index (κ3) is 2.07. The minimum atomic E-state index is -3.50. The summed E-state index contributed by atoms with van der Waals surface area (Å²) in [6, 6.07) is 7.21. The fraction of sp³-hybridized carbons (Fsp3) is 0.300. The van der Waals surface area contributed by atoms with Crippen LogP contribution in [0.4, 0.5) is 0 Å². The maximum atomic E-state index is 11.8. The zero-order chi connectivity index (χ0) is 11.6. The van der Waals surface area contributed by atoms with Gasteiger partial charge in [-0.2, -0.15) is 0 Å². The molecule has 0 saturated carbocycles. The largest absolute Gasteiger partial charge is 0.328 e. The number of rotatable bonds is 4. The van der Waals surface area contributed by atoms with E-state index < -0.39 is 10.0 Å². The number of hydrogen-bond acceptors (Lipinski definition) is 3. The van der Waals surface area contributed by atoms with Gasteiger partial charge >= 0.3 is 0 Å². The van der Waals surface area contributed by atoms with E-state index >= 15 is 0 Å². The van der Waals surface area contributed by atoms with Gasteiger partial charge in [-0.1, -0.05) is 19.1 Å². The number of hydrogen-bond donors (Lipinski definition) is 2. The Morgan fingerprint density at radius 3 is 2.81 bits per heavy atom. The van der Waals surface area contributed by atoms with E-state index in [1.165, 1.54) is 0 Å². The lowest BCUT2D eigenvalue weighted by atomic mass is 10.3. The summed E-state index contributed by atoms with van der Waals surface area (Å²) >= 11 is 0. The van der Waals surface area contributed by atoms with E-state index in [0.717, 1.165) is 11.9 Å². The minimum absolute atomic E-state index is 0.0258. The summed E-state index contributed by atoms with van der Waals surface area (Å²) in [5.41, 5.74) is 1.37. The maximum absolute atomic E-state index is 11.8. The van der Waals surface area contributed by atoms with Crippen molar-refractivity contribution in [2.24, 2.45) is 0 Å².